The molecule has 0 bridgehead atoms. The van der Waals surface area contributed by atoms with Crippen molar-refractivity contribution in [1.82, 2.24) is 4.98 Å². The van der Waals surface area contributed by atoms with Gasteiger partial charge >= 0.3 is 0 Å². The number of aliphatic hydroxyl groups excluding tert-OH is 1. The van der Waals surface area contributed by atoms with E-state index in [9.17, 15) is 14.7 Å². The Balaban J connectivity index is 2.09. The third-order valence-corrected chi connectivity index (χ3v) is 3.19. The number of carbonyl (C=O) groups excluding carboxylic acids is 2. The SMILES string of the molecule is O=C(/C=C(/O)c1cccc(Cl)c1)C(=O)Nc1nccs1. The molecule has 20 heavy (non-hydrogen) atoms. The van der Waals surface area contributed by atoms with E-state index in [0.29, 0.717) is 15.7 Å². The molecular formula is C13H9ClN2O3S. The molecule has 0 aliphatic rings. The van der Waals surface area contributed by atoms with Gasteiger partial charge in [-0.25, -0.2) is 4.98 Å². The van der Waals surface area contributed by atoms with Crippen LogP contribution >= 0.6 is 22.9 Å². The van der Waals surface area contributed by atoms with Crippen LogP contribution in [0.25, 0.3) is 5.76 Å². The normalized spacial score (nSPS) is 11.2. The molecule has 2 N–H and O–H groups in total. The standard InChI is InChI=1S/C13H9ClN2O3S/c14-9-3-1-2-8(6-9)10(17)7-11(18)12(19)16-13-15-4-5-20-13/h1-7,17H,(H,15,16,19)/b10-7+. The van der Waals surface area contributed by atoms with Crippen LogP contribution in [0.1, 0.15) is 5.56 Å². The maximum Gasteiger partial charge on any atom is 0.298 e. The van der Waals surface area contributed by atoms with Crippen LogP contribution in [0.5, 0.6) is 0 Å². The molecule has 0 saturated heterocycles. The largest absolute Gasteiger partial charge is 0.507 e. The highest BCUT2D eigenvalue weighted by Crippen LogP contribution is 2.17. The molecule has 2 aromatic rings. The van der Waals surface area contributed by atoms with Crippen LogP contribution in [0.4, 0.5) is 5.13 Å². The number of anilines is 1. The van der Waals surface area contributed by atoms with Gasteiger partial charge in [0, 0.05) is 28.2 Å². The van der Waals surface area contributed by atoms with Crippen LogP contribution in [-0.2, 0) is 9.59 Å². The van der Waals surface area contributed by atoms with Crippen LogP contribution in [0, 0.1) is 0 Å². The number of aromatic nitrogens is 1. The smallest absolute Gasteiger partial charge is 0.298 e. The number of halogens is 1. The first-order valence-corrected chi connectivity index (χ1v) is 6.73. The Bertz CT molecular complexity index is 668. The average Bonchev–Trinajstić information content (AvgIpc) is 2.91. The summed E-state index contributed by atoms with van der Waals surface area (Å²) in [4.78, 5) is 27.0. The van der Waals surface area contributed by atoms with Crippen molar-refractivity contribution >= 4 is 45.5 Å². The van der Waals surface area contributed by atoms with Gasteiger partial charge in [0.1, 0.15) is 5.76 Å². The zero-order chi connectivity index (χ0) is 14.5. The minimum atomic E-state index is -0.877. The molecule has 0 aliphatic carbocycles. The summed E-state index contributed by atoms with van der Waals surface area (Å²) in [6.45, 7) is 0. The van der Waals surface area contributed by atoms with E-state index in [4.69, 9.17) is 11.6 Å². The Morgan fingerprint density at radius 1 is 1.40 bits per heavy atom. The molecule has 0 saturated carbocycles. The molecule has 7 heteroatoms. The lowest BCUT2D eigenvalue weighted by atomic mass is 10.1. The second-order valence-electron chi connectivity index (χ2n) is 3.70. The fraction of sp³-hybridized carbons (Fsp3) is 0. The molecule has 2 rings (SSSR count). The van der Waals surface area contributed by atoms with Crippen molar-refractivity contribution in [3.8, 4) is 0 Å². The molecule has 0 fully saturated rings. The van der Waals surface area contributed by atoms with E-state index < -0.39 is 11.7 Å². The van der Waals surface area contributed by atoms with Gasteiger partial charge < -0.3 is 5.11 Å². The summed E-state index contributed by atoms with van der Waals surface area (Å²) >= 11 is 6.96. The first kappa shape index (κ1) is 14.2. The Morgan fingerprint density at radius 2 is 2.20 bits per heavy atom. The number of rotatable bonds is 4. The number of nitrogens with zero attached hydrogens (tertiary/aromatic N) is 1. The summed E-state index contributed by atoms with van der Waals surface area (Å²) in [6, 6.07) is 6.32. The van der Waals surface area contributed by atoms with E-state index in [0.717, 1.165) is 6.08 Å². The van der Waals surface area contributed by atoms with Crippen molar-refractivity contribution < 1.29 is 14.7 Å². The zero-order valence-electron chi connectivity index (χ0n) is 10.0. The molecule has 5 nitrogen and oxygen atoms in total. The minimum Gasteiger partial charge on any atom is -0.507 e. The highest BCUT2D eigenvalue weighted by Gasteiger charge is 2.14. The Morgan fingerprint density at radius 3 is 2.85 bits per heavy atom. The van der Waals surface area contributed by atoms with Crippen LogP contribution in [-0.4, -0.2) is 21.8 Å². The van der Waals surface area contributed by atoms with Gasteiger partial charge in [-0.15, -0.1) is 11.3 Å². The number of hydrogen-bond donors (Lipinski definition) is 2. The number of thiazole rings is 1. The molecule has 0 unspecified atom stereocenters. The lowest BCUT2D eigenvalue weighted by Crippen LogP contribution is -2.21. The van der Waals surface area contributed by atoms with Crippen LogP contribution < -0.4 is 5.32 Å². The third-order valence-electron chi connectivity index (χ3n) is 2.26. The molecular weight excluding hydrogens is 300 g/mol. The number of aliphatic hydroxyl groups is 1. The Kier molecular flexibility index (Phi) is 4.49. The van der Waals surface area contributed by atoms with E-state index in [2.05, 4.69) is 10.3 Å². The monoisotopic (exact) mass is 308 g/mol. The molecule has 1 aromatic heterocycles. The molecule has 0 aliphatic heterocycles. The molecule has 0 spiro atoms. The maximum absolute atomic E-state index is 11.6. The topological polar surface area (TPSA) is 79.3 Å². The summed E-state index contributed by atoms with van der Waals surface area (Å²) in [5.41, 5.74) is 0.355. The minimum absolute atomic E-state index is 0.319. The first-order valence-electron chi connectivity index (χ1n) is 5.47. The van der Waals surface area contributed by atoms with Crippen molar-refractivity contribution in [3.05, 3.63) is 52.5 Å². The molecule has 0 atom stereocenters. The van der Waals surface area contributed by atoms with E-state index in [1.807, 2.05) is 0 Å². The van der Waals surface area contributed by atoms with E-state index in [1.54, 1.807) is 23.6 Å². The van der Waals surface area contributed by atoms with Crippen molar-refractivity contribution in [3.63, 3.8) is 0 Å². The zero-order valence-corrected chi connectivity index (χ0v) is 11.6. The van der Waals surface area contributed by atoms with Crippen molar-refractivity contribution in [2.24, 2.45) is 0 Å². The summed E-state index contributed by atoms with van der Waals surface area (Å²) in [7, 11) is 0. The summed E-state index contributed by atoms with van der Waals surface area (Å²) in [5, 5.41) is 14.5. The van der Waals surface area contributed by atoms with Gasteiger partial charge in [0.05, 0.1) is 0 Å². The second-order valence-corrected chi connectivity index (χ2v) is 5.03. The number of carbonyl (C=O) groups is 2. The first-order chi connectivity index (χ1) is 9.56. The van der Waals surface area contributed by atoms with E-state index in [-0.39, 0.29) is 5.76 Å². The number of benzene rings is 1. The predicted octanol–water partition coefficient (Wildman–Crippen LogP) is 2.90. The van der Waals surface area contributed by atoms with Crippen molar-refractivity contribution in [1.29, 1.82) is 0 Å². The van der Waals surface area contributed by atoms with Crippen LogP contribution in [0.2, 0.25) is 5.02 Å². The van der Waals surface area contributed by atoms with Gasteiger partial charge in [-0.1, -0.05) is 23.7 Å². The van der Waals surface area contributed by atoms with Gasteiger partial charge in [0.15, 0.2) is 5.13 Å². The Hall–Kier alpha value is -2.18. The van der Waals surface area contributed by atoms with Gasteiger partial charge in [-0.3, -0.25) is 14.9 Å². The summed E-state index contributed by atoms with van der Waals surface area (Å²) in [6.07, 6.45) is 2.35. The van der Waals surface area contributed by atoms with Gasteiger partial charge in [0.25, 0.3) is 5.91 Å². The molecule has 1 amide bonds. The summed E-state index contributed by atoms with van der Waals surface area (Å²) in [5.74, 6) is -2.07. The van der Waals surface area contributed by atoms with Gasteiger partial charge in [-0.05, 0) is 12.1 Å². The van der Waals surface area contributed by atoms with Gasteiger partial charge in [0.2, 0.25) is 5.78 Å². The lowest BCUT2D eigenvalue weighted by Gasteiger charge is -2.01. The number of ketones is 1. The van der Waals surface area contributed by atoms with Gasteiger partial charge in [-0.2, -0.15) is 0 Å². The highest BCUT2D eigenvalue weighted by molar-refractivity contribution is 7.13. The quantitative estimate of drug-likeness (QED) is 0.517. The average molecular weight is 309 g/mol. The predicted molar refractivity (Wildman–Crippen MR) is 77.8 cm³/mol. The van der Waals surface area contributed by atoms with E-state index >= 15 is 0 Å². The number of nitrogens with one attached hydrogen (secondary N) is 1. The lowest BCUT2D eigenvalue weighted by molar-refractivity contribution is -0.131. The fourth-order valence-corrected chi connectivity index (χ4v) is 2.08. The molecule has 0 radical (unpaired) electrons. The maximum atomic E-state index is 11.6. The van der Waals surface area contributed by atoms with E-state index in [1.165, 1.54) is 23.6 Å². The number of hydrogen-bond acceptors (Lipinski definition) is 5. The molecule has 1 heterocycles. The number of amides is 1. The molecule has 102 valence electrons. The molecule has 1 aromatic carbocycles. The highest BCUT2D eigenvalue weighted by atomic mass is 35.5. The second kappa shape index (κ2) is 6.31. The third kappa shape index (κ3) is 3.66. The van der Waals surface area contributed by atoms with Crippen molar-refractivity contribution in [2.75, 3.05) is 5.32 Å². The Labute approximate surface area is 123 Å². The summed E-state index contributed by atoms with van der Waals surface area (Å²) < 4.78 is 0. The fourth-order valence-electron chi connectivity index (χ4n) is 1.36. The van der Waals surface area contributed by atoms with Crippen molar-refractivity contribution in [2.45, 2.75) is 0 Å². The van der Waals surface area contributed by atoms with Crippen LogP contribution in [0.15, 0.2) is 41.9 Å². The van der Waals surface area contributed by atoms with Crippen LogP contribution in [0.3, 0.4) is 0 Å².